The largest absolute Gasteiger partial charge is 0.399 e. The molecule has 26 heavy (non-hydrogen) atoms. The van der Waals surface area contributed by atoms with Crippen molar-refractivity contribution in [1.29, 1.82) is 0 Å². The highest BCUT2D eigenvalue weighted by Gasteiger charge is 2.18. The van der Waals surface area contributed by atoms with Crippen LogP contribution in [-0.4, -0.2) is 42.1 Å². The van der Waals surface area contributed by atoms with Crippen molar-refractivity contribution in [2.45, 2.75) is 6.42 Å². The zero-order valence-corrected chi connectivity index (χ0v) is 14.5. The van der Waals surface area contributed by atoms with Crippen molar-refractivity contribution in [3.63, 3.8) is 0 Å². The Morgan fingerprint density at radius 2 is 1.81 bits per heavy atom. The summed E-state index contributed by atoms with van der Waals surface area (Å²) in [7, 11) is 0. The zero-order chi connectivity index (χ0) is 17.9. The number of anilines is 1. The van der Waals surface area contributed by atoms with Gasteiger partial charge in [-0.25, -0.2) is 4.98 Å². The van der Waals surface area contributed by atoms with Gasteiger partial charge in [-0.1, -0.05) is 30.3 Å². The number of hydrogen-bond acceptors (Lipinski definition) is 4. The molecule has 3 aromatic rings. The number of pyridine rings is 1. The summed E-state index contributed by atoms with van der Waals surface area (Å²) in [6.45, 7) is 2.54. The van der Waals surface area contributed by atoms with Gasteiger partial charge in [-0.2, -0.15) is 0 Å². The van der Waals surface area contributed by atoms with E-state index in [2.05, 4.69) is 0 Å². The molecule has 5 heteroatoms. The first-order valence-corrected chi connectivity index (χ1v) is 8.81. The third kappa shape index (κ3) is 3.39. The number of nitrogens with two attached hydrogens (primary N) is 1. The summed E-state index contributed by atoms with van der Waals surface area (Å²) >= 11 is 0. The van der Waals surface area contributed by atoms with Gasteiger partial charge in [0.15, 0.2) is 0 Å². The number of para-hydroxylation sites is 1. The molecule has 4 rings (SSSR count). The van der Waals surface area contributed by atoms with Crippen LogP contribution in [0.1, 0.15) is 5.56 Å². The summed E-state index contributed by atoms with van der Waals surface area (Å²) in [6, 6.07) is 17.6. The zero-order valence-electron chi connectivity index (χ0n) is 14.5. The molecule has 2 heterocycles. The molecule has 2 N–H and O–H groups in total. The Balaban J connectivity index is 1.72. The minimum absolute atomic E-state index is 0.132. The fourth-order valence-electron chi connectivity index (χ4n) is 3.28. The second kappa shape index (κ2) is 7.14. The molecule has 1 aliphatic rings. The number of hydrogen-bond donors (Lipinski definition) is 1. The molecule has 1 aliphatic heterocycles. The lowest BCUT2D eigenvalue weighted by molar-refractivity contribution is -0.134. The molecular formula is C21H21N3O2. The van der Waals surface area contributed by atoms with Crippen LogP contribution < -0.4 is 5.73 Å². The van der Waals surface area contributed by atoms with Crippen LogP contribution in [0.5, 0.6) is 0 Å². The Kier molecular flexibility index (Phi) is 4.54. The number of amides is 1. The minimum Gasteiger partial charge on any atom is -0.399 e. The van der Waals surface area contributed by atoms with Gasteiger partial charge < -0.3 is 15.4 Å². The van der Waals surface area contributed by atoms with Crippen LogP contribution >= 0.6 is 0 Å². The molecule has 1 amide bonds. The molecule has 0 spiro atoms. The molecule has 0 aliphatic carbocycles. The van der Waals surface area contributed by atoms with Gasteiger partial charge in [0.25, 0.3) is 0 Å². The summed E-state index contributed by atoms with van der Waals surface area (Å²) in [4.78, 5) is 19.4. The first-order chi connectivity index (χ1) is 12.7. The Morgan fingerprint density at radius 1 is 1.08 bits per heavy atom. The van der Waals surface area contributed by atoms with Gasteiger partial charge in [-0.05, 0) is 29.8 Å². The maximum Gasteiger partial charge on any atom is 0.227 e. The van der Waals surface area contributed by atoms with Crippen molar-refractivity contribution in [1.82, 2.24) is 9.88 Å². The number of nitrogen functional groups attached to an aromatic ring is 1. The van der Waals surface area contributed by atoms with Crippen molar-refractivity contribution < 1.29 is 9.53 Å². The average Bonchev–Trinajstić information content (AvgIpc) is 2.69. The predicted molar refractivity (Wildman–Crippen MR) is 103 cm³/mol. The molecule has 1 fully saturated rings. The summed E-state index contributed by atoms with van der Waals surface area (Å²) in [5, 5.41) is 1.02. The molecular weight excluding hydrogens is 326 g/mol. The predicted octanol–water partition coefficient (Wildman–Crippen LogP) is 2.89. The minimum atomic E-state index is 0.132. The van der Waals surface area contributed by atoms with Crippen LogP contribution in [-0.2, 0) is 16.0 Å². The van der Waals surface area contributed by atoms with E-state index in [-0.39, 0.29) is 5.91 Å². The smallest absolute Gasteiger partial charge is 0.227 e. The monoisotopic (exact) mass is 347 g/mol. The number of morpholine rings is 1. The standard InChI is InChI=1S/C21H21N3O2/c22-17-7-5-15(6-8-17)20-13-16(18-3-1-2-4-19(18)23-20)14-21(25)24-9-11-26-12-10-24/h1-8,13H,9-12,14,22H2. The number of ether oxygens (including phenoxy) is 1. The second-order valence-electron chi connectivity index (χ2n) is 6.48. The lowest BCUT2D eigenvalue weighted by atomic mass is 10.0. The first-order valence-electron chi connectivity index (χ1n) is 8.81. The average molecular weight is 347 g/mol. The normalized spacial score (nSPS) is 14.5. The molecule has 132 valence electrons. The van der Waals surface area contributed by atoms with Crippen LogP contribution in [0.4, 0.5) is 5.69 Å². The lowest BCUT2D eigenvalue weighted by Crippen LogP contribution is -2.41. The van der Waals surface area contributed by atoms with Crippen LogP contribution in [0, 0.1) is 0 Å². The molecule has 1 aromatic heterocycles. The van der Waals surface area contributed by atoms with Gasteiger partial charge in [0.2, 0.25) is 5.91 Å². The third-order valence-electron chi connectivity index (χ3n) is 4.71. The van der Waals surface area contributed by atoms with E-state index in [0.717, 1.165) is 33.4 Å². The summed E-state index contributed by atoms with van der Waals surface area (Å²) in [5.74, 6) is 0.132. The second-order valence-corrected chi connectivity index (χ2v) is 6.48. The maximum absolute atomic E-state index is 12.7. The topological polar surface area (TPSA) is 68.5 Å². The van der Waals surface area contributed by atoms with E-state index in [1.807, 2.05) is 59.5 Å². The van der Waals surface area contributed by atoms with Gasteiger partial charge >= 0.3 is 0 Å². The van der Waals surface area contributed by atoms with Crippen LogP contribution in [0.15, 0.2) is 54.6 Å². The van der Waals surface area contributed by atoms with E-state index in [1.165, 1.54) is 0 Å². The van der Waals surface area contributed by atoms with Gasteiger partial charge in [-0.3, -0.25) is 4.79 Å². The number of fused-ring (bicyclic) bond motifs is 1. The number of carbonyl (C=O) groups excluding carboxylic acids is 1. The van der Waals surface area contributed by atoms with Crippen LogP contribution in [0.3, 0.4) is 0 Å². The summed E-state index contributed by atoms with van der Waals surface area (Å²) < 4.78 is 5.34. The van der Waals surface area contributed by atoms with E-state index < -0.39 is 0 Å². The Labute approximate surface area is 152 Å². The Morgan fingerprint density at radius 3 is 2.58 bits per heavy atom. The maximum atomic E-state index is 12.7. The van der Waals surface area contributed by atoms with Gasteiger partial charge in [0.05, 0.1) is 30.8 Å². The van der Waals surface area contributed by atoms with E-state index in [9.17, 15) is 4.79 Å². The number of benzene rings is 2. The van der Waals surface area contributed by atoms with Gasteiger partial charge in [-0.15, -0.1) is 0 Å². The van der Waals surface area contributed by atoms with Crippen molar-refractivity contribution in [2.24, 2.45) is 0 Å². The van der Waals surface area contributed by atoms with Crippen molar-refractivity contribution in [2.75, 3.05) is 32.0 Å². The molecule has 0 saturated carbocycles. The van der Waals surface area contributed by atoms with Crippen molar-refractivity contribution in [3.05, 3.63) is 60.2 Å². The fourth-order valence-corrected chi connectivity index (χ4v) is 3.28. The number of rotatable bonds is 3. The van der Waals surface area contributed by atoms with Crippen LogP contribution in [0.25, 0.3) is 22.2 Å². The Hall–Kier alpha value is -2.92. The molecule has 5 nitrogen and oxygen atoms in total. The molecule has 0 bridgehead atoms. The molecule has 0 unspecified atom stereocenters. The highest BCUT2D eigenvalue weighted by molar-refractivity contribution is 5.90. The lowest BCUT2D eigenvalue weighted by Gasteiger charge is -2.27. The highest BCUT2D eigenvalue weighted by Crippen LogP contribution is 2.26. The van der Waals surface area contributed by atoms with E-state index in [4.69, 9.17) is 15.5 Å². The van der Waals surface area contributed by atoms with E-state index >= 15 is 0 Å². The highest BCUT2D eigenvalue weighted by atomic mass is 16.5. The SMILES string of the molecule is Nc1ccc(-c2cc(CC(=O)N3CCOCC3)c3ccccc3n2)cc1. The third-order valence-corrected chi connectivity index (χ3v) is 4.71. The molecule has 2 aromatic carbocycles. The van der Waals surface area contributed by atoms with Gasteiger partial charge in [0, 0.05) is 29.7 Å². The molecule has 1 saturated heterocycles. The quantitative estimate of drug-likeness (QED) is 0.740. The van der Waals surface area contributed by atoms with E-state index in [0.29, 0.717) is 32.7 Å². The molecule has 0 radical (unpaired) electrons. The number of carbonyl (C=O) groups is 1. The molecule has 0 atom stereocenters. The summed E-state index contributed by atoms with van der Waals surface area (Å²) in [5.41, 5.74) is 10.3. The number of nitrogens with zero attached hydrogens (tertiary/aromatic N) is 2. The van der Waals surface area contributed by atoms with Crippen LogP contribution in [0.2, 0.25) is 0 Å². The summed E-state index contributed by atoms with van der Waals surface area (Å²) in [6.07, 6.45) is 0.366. The Bertz CT molecular complexity index is 932. The van der Waals surface area contributed by atoms with Gasteiger partial charge in [0.1, 0.15) is 0 Å². The van der Waals surface area contributed by atoms with Crippen molar-refractivity contribution in [3.8, 4) is 11.3 Å². The number of aromatic nitrogens is 1. The van der Waals surface area contributed by atoms with E-state index in [1.54, 1.807) is 0 Å². The van der Waals surface area contributed by atoms with Crippen molar-refractivity contribution >= 4 is 22.5 Å². The fraction of sp³-hybridized carbons (Fsp3) is 0.238. The first kappa shape index (κ1) is 16.5.